The van der Waals surface area contributed by atoms with Crippen LogP contribution in [0, 0.1) is 12.8 Å². The first-order valence-electron chi connectivity index (χ1n) is 7.11. The molecule has 2 unspecified atom stereocenters. The second kappa shape index (κ2) is 6.19. The molecule has 0 saturated carbocycles. The van der Waals surface area contributed by atoms with Gasteiger partial charge in [-0.25, -0.2) is 0 Å². The highest BCUT2D eigenvalue weighted by molar-refractivity contribution is 5.51. The van der Waals surface area contributed by atoms with Crippen molar-refractivity contribution in [2.45, 2.75) is 39.7 Å². The van der Waals surface area contributed by atoms with Crippen LogP contribution in [0.2, 0.25) is 0 Å². The summed E-state index contributed by atoms with van der Waals surface area (Å²) in [5.74, 6) is 0.725. The van der Waals surface area contributed by atoms with Gasteiger partial charge in [0.2, 0.25) is 0 Å². The summed E-state index contributed by atoms with van der Waals surface area (Å²) in [6.07, 6.45) is 6.33. The Hall–Kier alpha value is -1.09. The highest BCUT2D eigenvalue weighted by atomic mass is 15.2. The lowest BCUT2D eigenvalue weighted by Crippen LogP contribution is -2.42. The number of nitrogens with one attached hydrogen (secondary N) is 1. The maximum absolute atomic E-state index is 4.28. The van der Waals surface area contributed by atoms with Crippen molar-refractivity contribution in [2.24, 2.45) is 5.92 Å². The predicted molar refractivity (Wildman–Crippen MR) is 77.0 cm³/mol. The van der Waals surface area contributed by atoms with Crippen molar-refractivity contribution in [3.05, 3.63) is 24.0 Å². The van der Waals surface area contributed by atoms with Gasteiger partial charge in [0.05, 0.1) is 11.9 Å². The Kier molecular flexibility index (Phi) is 4.59. The lowest BCUT2D eigenvalue weighted by molar-refractivity contribution is 0.384. The normalized spacial score (nSPS) is 22.6. The Morgan fingerprint density at radius 2 is 2.39 bits per heavy atom. The fourth-order valence-electron chi connectivity index (χ4n) is 2.62. The third kappa shape index (κ3) is 3.02. The molecule has 0 bridgehead atoms. The minimum Gasteiger partial charge on any atom is -0.368 e. The minimum atomic E-state index is 0.595. The second-order valence-electron chi connectivity index (χ2n) is 5.41. The first-order chi connectivity index (χ1) is 8.72. The van der Waals surface area contributed by atoms with Crippen LogP contribution < -0.4 is 10.2 Å². The summed E-state index contributed by atoms with van der Waals surface area (Å²) in [5.41, 5.74) is 2.63. The highest BCUT2D eigenvalue weighted by Crippen LogP contribution is 2.21. The monoisotopic (exact) mass is 247 g/mol. The third-order valence-electron chi connectivity index (χ3n) is 4.11. The van der Waals surface area contributed by atoms with E-state index in [-0.39, 0.29) is 0 Å². The van der Waals surface area contributed by atoms with Gasteiger partial charge in [0, 0.05) is 25.3 Å². The van der Waals surface area contributed by atoms with Crippen molar-refractivity contribution < 1.29 is 0 Å². The molecule has 2 heterocycles. The minimum absolute atomic E-state index is 0.595. The van der Waals surface area contributed by atoms with Crippen LogP contribution in [0.3, 0.4) is 0 Å². The zero-order chi connectivity index (χ0) is 13.0. The standard InChI is InChI=1S/C15H25N3/c1-4-12(2)14-11-18(9-5-7-17-14)15-10-16-8-6-13(15)3/h6,8,10,12,14,17H,4-5,7,9,11H2,1-3H3. The van der Waals surface area contributed by atoms with Crippen molar-refractivity contribution in [1.82, 2.24) is 10.3 Å². The molecule has 1 fully saturated rings. The largest absolute Gasteiger partial charge is 0.368 e. The summed E-state index contributed by atoms with van der Waals surface area (Å²) in [5, 5.41) is 3.69. The van der Waals surface area contributed by atoms with E-state index in [2.05, 4.69) is 42.0 Å². The van der Waals surface area contributed by atoms with E-state index >= 15 is 0 Å². The van der Waals surface area contributed by atoms with Gasteiger partial charge in [0.15, 0.2) is 0 Å². The van der Waals surface area contributed by atoms with Crippen LogP contribution in [0.25, 0.3) is 0 Å². The third-order valence-corrected chi connectivity index (χ3v) is 4.11. The molecule has 2 rings (SSSR count). The fourth-order valence-corrected chi connectivity index (χ4v) is 2.62. The van der Waals surface area contributed by atoms with Crippen LogP contribution >= 0.6 is 0 Å². The van der Waals surface area contributed by atoms with Gasteiger partial charge < -0.3 is 10.2 Å². The Morgan fingerprint density at radius 1 is 1.56 bits per heavy atom. The van der Waals surface area contributed by atoms with Gasteiger partial charge in [-0.2, -0.15) is 0 Å². The van der Waals surface area contributed by atoms with E-state index < -0.39 is 0 Å². The molecule has 1 aliphatic rings. The quantitative estimate of drug-likeness (QED) is 0.890. The summed E-state index contributed by atoms with van der Waals surface area (Å²) in [4.78, 5) is 6.78. The molecule has 1 N–H and O–H groups in total. The molecule has 1 saturated heterocycles. The van der Waals surface area contributed by atoms with Crippen LogP contribution in [-0.4, -0.2) is 30.7 Å². The average molecular weight is 247 g/mol. The Morgan fingerprint density at radius 3 is 3.11 bits per heavy atom. The number of anilines is 1. The Bertz CT molecular complexity index is 378. The number of hydrogen-bond donors (Lipinski definition) is 1. The SMILES string of the molecule is CCC(C)C1CN(c2cnccc2C)CCCN1. The first kappa shape index (κ1) is 13.3. The predicted octanol–water partition coefficient (Wildman–Crippen LogP) is 2.60. The number of rotatable bonds is 3. The number of aromatic nitrogens is 1. The van der Waals surface area contributed by atoms with Gasteiger partial charge in [0.1, 0.15) is 0 Å². The molecule has 3 heteroatoms. The van der Waals surface area contributed by atoms with Crippen molar-refractivity contribution in [3.63, 3.8) is 0 Å². The molecule has 0 spiro atoms. The lowest BCUT2D eigenvalue weighted by atomic mass is 9.98. The number of nitrogens with zero attached hydrogens (tertiary/aromatic N) is 2. The van der Waals surface area contributed by atoms with Crippen LogP contribution in [0.15, 0.2) is 18.5 Å². The average Bonchev–Trinajstić information content (AvgIpc) is 2.64. The summed E-state index contributed by atoms with van der Waals surface area (Å²) < 4.78 is 0. The molecule has 0 aliphatic carbocycles. The summed E-state index contributed by atoms with van der Waals surface area (Å²) in [7, 11) is 0. The summed E-state index contributed by atoms with van der Waals surface area (Å²) in [6, 6.07) is 2.70. The Labute approximate surface area is 111 Å². The second-order valence-corrected chi connectivity index (χ2v) is 5.41. The number of hydrogen-bond acceptors (Lipinski definition) is 3. The van der Waals surface area contributed by atoms with Crippen LogP contribution in [-0.2, 0) is 0 Å². The molecule has 1 aromatic rings. The van der Waals surface area contributed by atoms with E-state index in [0.717, 1.165) is 25.6 Å². The van der Waals surface area contributed by atoms with Crippen molar-refractivity contribution in [2.75, 3.05) is 24.5 Å². The van der Waals surface area contributed by atoms with Gasteiger partial charge in [-0.15, -0.1) is 0 Å². The van der Waals surface area contributed by atoms with Crippen molar-refractivity contribution in [1.29, 1.82) is 0 Å². The molecule has 100 valence electrons. The fraction of sp³-hybridized carbons (Fsp3) is 0.667. The molecule has 0 aromatic carbocycles. The molecular formula is C15H25N3. The van der Waals surface area contributed by atoms with Crippen LogP contribution in [0.5, 0.6) is 0 Å². The molecule has 3 nitrogen and oxygen atoms in total. The zero-order valence-electron chi connectivity index (χ0n) is 11.8. The summed E-state index contributed by atoms with van der Waals surface area (Å²) in [6.45, 7) is 10.2. The topological polar surface area (TPSA) is 28.2 Å². The molecule has 1 aliphatic heterocycles. The molecule has 18 heavy (non-hydrogen) atoms. The van der Waals surface area contributed by atoms with E-state index in [1.807, 2.05) is 12.4 Å². The van der Waals surface area contributed by atoms with E-state index in [4.69, 9.17) is 0 Å². The van der Waals surface area contributed by atoms with Gasteiger partial charge in [-0.1, -0.05) is 20.3 Å². The van der Waals surface area contributed by atoms with E-state index in [9.17, 15) is 0 Å². The van der Waals surface area contributed by atoms with Gasteiger partial charge in [0.25, 0.3) is 0 Å². The highest BCUT2D eigenvalue weighted by Gasteiger charge is 2.22. The smallest absolute Gasteiger partial charge is 0.0582 e. The first-order valence-corrected chi connectivity index (χ1v) is 7.11. The Balaban J connectivity index is 2.14. The number of pyridine rings is 1. The van der Waals surface area contributed by atoms with Crippen molar-refractivity contribution >= 4 is 5.69 Å². The van der Waals surface area contributed by atoms with Gasteiger partial charge >= 0.3 is 0 Å². The van der Waals surface area contributed by atoms with E-state index in [1.54, 1.807) is 0 Å². The summed E-state index contributed by atoms with van der Waals surface area (Å²) >= 11 is 0. The molecule has 0 radical (unpaired) electrons. The van der Waals surface area contributed by atoms with Gasteiger partial charge in [-0.3, -0.25) is 4.98 Å². The van der Waals surface area contributed by atoms with E-state index in [0.29, 0.717) is 6.04 Å². The molecule has 0 amide bonds. The molecule has 2 atom stereocenters. The van der Waals surface area contributed by atoms with Crippen LogP contribution in [0.4, 0.5) is 5.69 Å². The molecular weight excluding hydrogens is 222 g/mol. The van der Waals surface area contributed by atoms with Gasteiger partial charge in [-0.05, 0) is 37.4 Å². The van der Waals surface area contributed by atoms with Crippen LogP contribution in [0.1, 0.15) is 32.3 Å². The van der Waals surface area contributed by atoms with E-state index in [1.165, 1.54) is 24.1 Å². The zero-order valence-corrected chi connectivity index (χ0v) is 11.8. The molecule has 1 aromatic heterocycles. The number of aryl methyl sites for hydroxylation is 1. The maximum atomic E-state index is 4.28. The lowest BCUT2D eigenvalue weighted by Gasteiger charge is -2.30. The maximum Gasteiger partial charge on any atom is 0.0582 e. The van der Waals surface area contributed by atoms with Crippen molar-refractivity contribution in [3.8, 4) is 0 Å².